The fourth-order valence-electron chi connectivity index (χ4n) is 3.18. The molecule has 0 spiro atoms. The standard InChI is InChI=1S/C19H28N6O2.HI/c1-4-27-16-12-14(9-10-15(16)26-3)22-19(20-2)21-13-18-24-23-17-8-6-5-7-11-25(17)18;/h9-10,12H,4-8,11,13H2,1-3H3,(H2,20,21,22);1H. The molecule has 0 radical (unpaired) electrons. The first-order valence-electron chi connectivity index (χ1n) is 9.44. The molecule has 28 heavy (non-hydrogen) atoms. The van der Waals surface area contributed by atoms with Crippen molar-refractivity contribution in [2.24, 2.45) is 4.99 Å². The van der Waals surface area contributed by atoms with Crippen LogP contribution in [-0.4, -0.2) is 41.5 Å². The highest BCUT2D eigenvalue weighted by molar-refractivity contribution is 14.0. The summed E-state index contributed by atoms with van der Waals surface area (Å²) in [6.45, 7) is 4.08. The van der Waals surface area contributed by atoms with Crippen LogP contribution >= 0.6 is 24.0 Å². The van der Waals surface area contributed by atoms with Crippen LogP contribution in [0.15, 0.2) is 23.2 Å². The molecule has 1 aromatic carbocycles. The first-order valence-corrected chi connectivity index (χ1v) is 9.44. The Bertz CT molecular complexity index is 793. The molecule has 0 fully saturated rings. The summed E-state index contributed by atoms with van der Waals surface area (Å²) in [5.41, 5.74) is 0.868. The van der Waals surface area contributed by atoms with Gasteiger partial charge in [0, 0.05) is 31.8 Å². The van der Waals surface area contributed by atoms with Gasteiger partial charge in [-0.15, -0.1) is 34.2 Å². The molecule has 0 atom stereocenters. The van der Waals surface area contributed by atoms with E-state index in [0.29, 0.717) is 30.6 Å². The summed E-state index contributed by atoms with van der Waals surface area (Å²) in [5, 5.41) is 15.3. The van der Waals surface area contributed by atoms with Gasteiger partial charge in [0.05, 0.1) is 20.3 Å². The maximum absolute atomic E-state index is 5.63. The Morgan fingerprint density at radius 3 is 2.82 bits per heavy atom. The molecule has 0 saturated carbocycles. The molecule has 3 rings (SSSR count). The number of hydrogen-bond donors (Lipinski definition) is 2. The van der Waals surface area contributed by atoms with E-state index in [-0.39, 0.29) is 24.0 Å². The second-order valence-corrected chi connectivity index (χ2v) is 6.34. The van der Waals surface area contributed by atoms with E-state index in [1.165, 1.54) is 19.3 Å². The Labute approximate surface area is 183 Å². The molecule has 8 nitrogen and oxygen atoms in total. The number of benzene rings is 1. The normalized spacial score (nSPS) is 13.8. The van der Waals surface area contributed by atoms with Crippen molar-refractivity contribution in [2.75, 3.05) is 26.1 Å². The van der Waals surface area contributed by atoms with Crippen molar-refractivity contribution in [3.63, 3.8) is 0 Å². The highest BCUT2D eigenvalue weighted by atomic mass is 127. The largest absolute Gasteiger partial charge is 0.493 e. The SMILES string of the molecule is CCOc1cc(NC(=NC)NCc2nnc3n2CCCCC3)ccc1OC.I. The molecule has 154 valence electrons. The van der Waals surface area contributed by atoms with Gasteiger partial charge in [-0.2, -0.15) is 0 Å². The molecule has 2 aromatic rings. The predicted octanol–water partition coefficient (Wildman–Crippen LogP) is 3.22. The van der Waals surface area contributed by atoms with Gasteiger partial charge in [-0.05, 0) is 31.9 Å². The van der Waals surface area contributed by atoms with E-state index in [0.717, 1.165) is 30.3 Å². The first-order chi connectivity index (χ1) is 13.2. The average molecular weight is 500 g/mol. The number of anilines is 1. The molecule has 2 heterocycles. The van der Waals surface area contributed by atoms with Gasteiger partial charge in [-0.1, -0.05) is 6.42 Å². The zero-order valence-electron chi connectivity index (χ0n) is 16.7. The molecule has 0 aliphatic carbocycles. The molecule has 0 amide bonds. The molecular formula is C19H29IN6O2. The van der Waals surface area contributed by atoms with E-state index in [9.17, 15) is 0 Å². The molecule has 0 saturated heterocycles. The lowest BCUT2D eigenvalue weighted by atomic mass is 10.2. The van der Waals surface area contributed by atoms with Crippen LogP contribution in [0.3, 0.4) is 0 Å². The molecule has 9 heteroatoms. The number of rotatable bonds is 6. The third kappa shape index (κ3) is 5.49. The quantitative estimate of drug-likeness (QED) is 0.360. The number of hydrogen-bond acceptors (Lipinski definition) is 5. The maximum atomic E-state index is 5.63. The second kappa shape index (κ2) is 11.1. The van der Waals surface area contributed by atoms with Gasteiger partial charge in [0.1, 0.15) is 5.82 Å². The molecular weight excluding hydrogens is 471 g/mol. The lowest BCUT2D eigenvalue weighted by molar-refractivity contribution is 0.311. The van der Waals surface area contributed by atoms with Crippen LogP contribution in [0.1, 0.15) is 37.8 Å². The van der Waals surface area contributed by atoms with Crippen molar-refractivity contribution >= 4 is 35.6 Å². The monoisotopic (exact) mass is 500 g/mol. The molecule has 1 aliphatic rings. The van der Waals surface area contributed by atoms with Crippen LogP contribution in [0.25, 0.3) is 0 Å². The summed E-state index contributed by atoms with van der Waals surface area (Å²) in [6.07, 6.45) is 4.62. The minimum atomic E-state index is 0. The van der Waals surface area contributed by atoms with Gasteiger partial charge in [-0.25, -0.2) is 0 Å². The van der Waals surface area contributed by atoms with Gasteiger partial charge < -0.3 is 24.7 Å². The summed E-state index contributed by atoms with van der Waals surface area (Å²) in [5.74, 6) is 4.09. The van der Waals surface area contributed by atoms with E-state index in [4.69, 9.17) is 9.47 Å². The fourth-order valence-corrected chi connectivity index (χ4v) is 3.18. The number of nitrogens with one attached hydrogen (secondary N) is 2. The Kier molecular flexibility index (Phi) is 8.81. The third-order valence-electron chi connectivity index (χ3n) is 4.55. The van der Waals surface area contributed by atoms with Gasteiger partial charge in [0.15, 0.2) is 23.3 Å². The van der Waals surface area contributed by atoms with E-state index < -0.39 is 0 Å². The summed E-state index contributed by atoms with van der Waals surface area (Å²) in [6, 6.07) is 5.70. The van der Waals surface area contributed by atoms with E-state index in [1.54, 1.807) is 14.2 Å². The summed E-state index contributed by atoms with van der Waals surface area (Å²) in [4.78, 5) is 4.30. The lowest BCUT2D eigenvalue weighted by Crippen LogP contribution is -2.31. The van der Waals surface area contributed by atoms with Crippen molar-refractivity contribution in [2.45, 2.75) is 45.7 Å². The van der Waals surface area contributed by atoms with Gasteiger partial charge >= 0.3 is 0 Å². The smallest absolute Gasteiger partial charge is 0.195 e. The Morgan fingerprint density at radius 1 is 1.21 bits per heavy atom. The number of methoxy groups -OCH3 is 1. The topological polar surface area (TPSA) is 85.6 Å². The number of fused-ring (bicyclic) bond motifs is 1. The Balaban J connectivity index is 0.00000280. The number of aromatic nitrogens is 3. The predicted molar refractivity (Wildman–Crippen MR) is 121 cm³/mol. The zero-order valence-corrected chi connectivity index (χ0v) is 19.0. The van der Waals surface area contributed by atoms with Crippen LogP contribution in [0.2, 0.25) is 0 Å². The maximum Gasteiger partial charge on any atom is 0.195 e. The van der Waals surface area contributed by atoms with Crippen molar-refractivity contribution < 1.29 is 9.47 Å². The lowest BCUT2D eigenvalue weighted by Gasteiger charge is -2.15. The highest BCUT2D eigenvalue weighted by Gasteiger charge is 2.15. The summed E-state index contributed by atoms with van der Waals surface area (Å²) >= 11 is 0. The molecule has 1 aliphatic heterocycles. The van der Waals surface area contributed by atoms with Crippen LogP contribution < -0.4 is 20.1 Å². The van der Waals surface area contributed by atoms with Crippen LogP contribution in [-0.2, 0) is 19.5 Å². The third-order valence-corrected chi connectivity index (χ3v) is 4.55. The number of aryl methyl sites for hydroxylation is 1. The van der Waals surface area contributed by atoms with E-state index >= 15 is 0 Å². The van der Waals surface area contributed by atoms with Crippen LogP contribution in [0.5, 0.6) is 11.5 Å². The summed E-state index contributed by atoms with van der Waals surface area (Å²) in [7, 11) is 3.37. The van der Waals surface area contributed by atoms with Crippen molar-refractivity contribution in [3.05, 3.63) is 29.8 Å². The van der Waals surface area contributed by atoms with E-state index in [2.05, 4.69) is 30.4 Å². The summed E-state index contributed by atoms with van der Waals surface area (Å²) < 4.78 is 13.2. The van der Waals surface area contributed by atoms with E-state index in [1.807, 2.05) is 25.1 Å². The number of guanidine groups is 1. The van der Waals surface area contributed by atoms with Gasteiger partial charge in [0.2, 0.25) is 0 Å². The van der Waals surface area contributed by atoms with Crippen LogP contribution in [0.4, 0.5) is 5.69 Å². The number of ether oxygens (including phenoxy) is 2. The second-order valence-electron chi connectivity index (χ2n) is 6.34. The Hall–Kier alpha value is -2.04. The molecule has 1 aromatic heterocycles. The number of halogens is 1. The number of aliphatic imine (C=N–C) groups is 1. The van der Waals surface area contributed by atoms with Gasteiger partial charge in [-0.3, -0.25) is 4.99 Å². The minimum Gasteiger partial charge on any atom is -0.493 e. The minimum absolute atomic E-state index is 0. The molecule has 0 unspecified atom stereocenters. The zero-order chi connectivity index (χ0) is 19.1. The molecule has 2 N–H and O–H groups in total. The average Bonchev–Trinajstić information content (AvgIpc) is 2.92. The van der Waals surface area contributed by atoms with Crippen molar-refractivity contribution in [1.29, 1.82) is 0 Å². The van der Waals surface area contributed by atoms with Crippen molar-refractivity contribution in [3.8, 4) is 11.5 Å². The van der Waals surface area contributed by atoms with Crippen molar-refractivity contribution in [1.82, 2.24) is 20.1 Å². The fraction of sp³-hybridized carbons (Fsp3) is 0.526. The van der Waals surface area contributed by atoms with Crippen LogP contribution in [0, 0.1) is 0 Å². The Morgan fingerprint density at radius 2 is 2.07 bits per heavy atom. The first kappa shape index (κ1) is 22.3. The van der Waals surface area contributed by atoms with Gasteiger partial charge in [0.25, 0.3) is 0 Å². The highest BCUT2D eigenvalue weighted by Crippen LogP contribution is 2.30. The molecule has 0 bridgehead atoms. The number of nitrogens with zero attached hydrogens (tertiary/aromatic N) is 4.